The molecule has 7 nitrogen and oxygen atoms in total. The number of aromatic nitrogens is 3. The van der Waals surface area contributed by atoms with Gasteiger partial charge < -0.3 is 14.2 Å². The number of H-pyrrole nitrogens is 1. The van der Waals surface area contributed by atoms with Crippen LogP contribution in [-0.2, 0) is 0 Å². The first-order chi connectivity index (χ1) is 13.1. The van der Waals surface area contributed by atoms with E-state index in [1.807, 2.05) is 0 Å². The van der Waals surface area contributed by atoms with Crippen LogP contribution >= 0.6 is 12.2 Å². The molecule has 3 rings (SSSR count). The summed E-state index contributed by atoms with van der Waals surface area (Å²) in [6.45, 7) is 0. The van der Waals surface area contributed by atoms with Crippen molar-refractivity contribution in [2.75, 3.05) is 21.3 Å². The average molecular weight is 388 g/mol. The lowest BCUT2D eigenvalue weighted by Gasteiger charge is -2.13. The molecule has 1 N–H and O–H groups in total. The molecular weight excluding hydrogens is 371 g/mol. The number of methoxy groups -OCH3 is 3. The minimum atomic E-state index is -0.315. The van der Waals surface area contributed by atoms with Crippen LogP contribution in [0, 0.1) is 10.6 Å². The van der Waals surface area contributed by atoms with Gasteiger partial charge in [-0.05, 0) is 42.0 Å². The molecule has 3 aromatic rings. The van der Waals surface area contributed by atoms with Gasteiger partial charge in [0.25, 0.3) is 0 Å². The Balaban J connectivity index is 2.06. The highest BCUT2D eigenvalue weighted by molar-refractivity contribution is 7.71. The first-order valence-electron chi connectivity index (χ1n) is 7.85. The largest absolute Gasteiger partial charge is 0.493 e. The number of ether oxygens (including phenoxy) is 3. The van der Waals surface area contributed by atoms with Gasteiger partial charge in [-0.2, -0.15) is 14.9 Å². The Hall–Kier alpha value is -3.20. The maximum absolute atomic E-state index is 13.0. The van der Waals surface area contributed by atoms with Crippen molar-refractivity contribution in [2.45, 2.75) is 0 Å². The second-order valence-electron chi connectivity index (χ2n) is 5.37. The van der Waals surface area contributed by atoms with Crippen molar-refractivity contribution >= 4 is 18.4 Å². The molecule has 0 fully saturated rings. The van der Waals surface area contributed by atoms with Gasteiger partial charge in [-0.1, -0.05) is 12.1 Å². The van der Waals surface area contributed by atoms with Gasteiger partial charge in [0.1, 0.15) is 5.82 Å². The quantitative estimate of drug-likeness (QED) is 0.515. The summed E-state index contributed by atoms with van der Waals surface area (Å²) in [7, 11) is 4.60. The Kier molecular flexibility index (Phi) is 5.51. The molecule has 0 aliphatic carbocycles. The van der Waals surface area contributed by atoms with E-state index in [0.717, 1.165) is 5.56 Å². The molecule has 0 saturated heterocycles. The van der Waals surface area contributed by atoms with Gasteiger partial charge in [-0.3, -0.25) is 0 Å². The summed E-state index contributed by atoms with van der Waals surface area (Å²) in [6, 6.07) is 9.43. The van der Waals surface area contributed by atoms with E-state index in [9.17, 15) is 4.39 Å². The Morgan fingerprint density at radius 3 is 2.26 bits per heavy atom. The molecule has 27 heavy (non-hydrogen) atoms. The number of nitrogens with zero attached hydrogens (tertiary/aromatic N) is 3. The van der Waals surface area contributed by atoms with E-state index in [0.29, 0.717) is 33.4 Å². The molecule has 0 aliphatic rings. The van der Waals surface area contributed by atoms with Crippen LogP contribution < -0.4 is 14.2 Å². The summed E-state index contributed by atoms with van der Waals surface area (Å²) < 4.78 is 30.9. The van der Waals surface area contributed by atoms with E-state index in [2.05, 4.69) is 15.3 Å². The van der Waals surface area contributed by atoms with E-state index < -0.39 is 0 Å². The predicted octanol–water partition coefficient (Wildman–Crippen LogP) is 3.65. The Morgan fingerprint density at radius 2 is 1.70 bits per heavy atom. The summed E-state index contributed by atoms with van der Waals surface area (Å²) >= 11 is 5.26. The summed E-state index contributed by atoms with van der Waals surface area (Å²) in [5.74, 6) is 1.58. The summed E-state index contributed by atoms with van der Waals surface area (Å²) in [5.41, 5.74) is 1.38. The number of hydrogen-bond acceptors (Lipinski definition) is 6. The van der Waals surface area contributed by atoms with E-state index in [1.54, 1.807) is 30.5 Å². The summed E-state index contributed by atoms with van der Waals surface area (Å²) in [4.78, 5) is 0. The van der Waals surface area contributed by atoms with Crippen LogP contribution in [0.3, 0.4) is 0 Å². The fraction of sp³-hybridized carbons (Fsp3) is 0.167. The second-order valence-corrected chi connectivity index (χ2v) is 5.76. The average Bonchev–Trinajstić information content (AvgIpc) is 3.06. The molecule has 140 valence electrons. The van der Waals surface area contributed by atoms with Crippen molar-refractivity contribution in [3.63, 3.8) is 0 Å². The minimum absolute atomic E-state index is 0.303. The summed E-state index contributed by atoms with van der Waals surface area (Å²) in [6.07, 6.45) is 1.56. The maximum Gasteiger partial charge on any atom is 0.216 e. The first kappa shape index (κ1) is 18.6. The van der Waals surface area contributed by atoms with Crippen molar-refractivity contribution < 1.29 is 18.6 Å². The zero-order valence-electron chi connectivity index (χ0n) is 14.9. The van der Waals surface area contributed by atoms with Crippen molar-refractivity contribution in [1.82, 2.24) is 14.9 Å². The zero-order valence-corrected chi connectivity index (χ0v) is 15.7. The second kappa shape index (κ2) is 8.00. The smallest absolute Gasteiger partial charge is 0.216 e. The normalized spacial score (nSPS) is 11.0. The predicted molar refractivity (Wildman–Crippen MR) is 102 cm³/mol. The van der Waals surface area contributed by atoms with Crippen LogP contribution in [0.4, 0.5) is 4.39 Å². The molecule has 9 heteroatoms. The van der Waals surface area contributed by atoms with Gasteiger partial charge >= 0.3 is 0 Å². The molecule has 0 saturated carbocycles. The van der Waals surface area contributed by atoms with Crippen molar-refractivity contribution in [3.8, 4) is 28.6 Å². The van der Waals surface area contributed by atoms with Crippen LogP contribution in [0.25, 0.3) is 11.4 Å². The van der Waals surface area contributed by atoms with E-state index in [1.165, 1.54) is 38.1 Å². The third-order valence-electron chi connectivity index (χ3n) is 3.77. The lowest BCUT2D eigenvalue weighted by atomic mass is 10.1. The summed E-state index contributed by atoms with van der Waals surface area (Å²) in [5, 5.41) is 11.3. The molecule has 0 radical (unpaired) electrons. The third kappa shape index (κ3) is 3.82. The van der Waals surface area contributed by atoms with E-state index in [-0.39, 0.29) is 5.82 Å². The number of aromatic amines is 1. The lowest BCUT2D eigenvalue weighted by Crippen LogP contribution is -1.99. The highest BCUT2D eigenvalue weighted by Crippen LogP contribution is 2.40. The molecule has 0 bridgehead atoms. The molecule has 0 atom stereocenters. The zero-order chi connectivity index (χ0) is 19.4. The van der Waals surface area contributed by atoms with Gasteiger partial charge in [-0.15, -0.1) is 0 Å². The number of nitrogens with one attached hydrogen (secondary N) is 1. The third-order valence-corrected chi connectivity index (χ3v) is 4.03. The fourth-order valence-corrected chi connectivity index (χ4v) is 2.65. The SMILES string of the molecule is COc1cc(-c2n[nH]c(=S)n2/N=C/c2ccc(F)cc2)cc(OC)c1OC. The molecule has 0 spiro atoms. The van der Waals surface area contributed by atoms with Gasteiger partial charge in [0.05, 0.1) is 27.5 Å². The minimum Gasteiger partial charge on any atom is -0.493 e. The molecule has 0 aliphatic heterocycles. The van der Waals surface area contributed by atoms with Crippen molar-refractivity contribution in [3.05, 3.63) is 52.5 Å². The van der Waals surface area contributed by atoms with Crippen LogP contribution in [0.2, 0.25) is 0 Å². The van der Waals surface area contributed by atoms with Crippen LogP contribution in [-0.4, -0.2) is 42.4 Å². The van der Waals surface area contributed by atoms with Gasteiger partial charge in [0.15, 0.2) is 17.3 Å². The van der Waals surface area contributed by atoms with E-state index >= 15 is 0 Å². The topological polar surface area (TPSA) is 73.7 Å². The Bertz CT molecular complexity index is 1000. The Labute approximate surface area is 160 Å². The lowest BCUT2D eigenvalue weighted by molar-refractivity contribution is 0.324. The highest BCUT2D eigenvalue weighted by atomic mass is 32.1. The van der Waals surface area contributed by atoms with Crippen LogP contribution in [0.5, 0.6) is 17.2 Å². The molecular formula is C18H17FN4O3S. The van der Waals surface area contributed by atoms with E-state index in [4.69, 9.17) is 26.4 Å². The van der Waals surface area contributed by atoms with Crippen molar-refractivity contribution in [2.24, 2.45) is 5.10 Å². The maximum atomic E-state index is 13.0. The number of benzene rings is 2. The molecule has 1 heterocycles. The molecule has 0 unspecified atom stereocenters. The number of hydrogen-bond donors (Lipinski definition) is 1. The monoisotopic (exact) mass is 388 g/mol. The number of rotatable bonds is 6. The van der Waals surface area contributed by atoms with Gasteiger partial charge in [0, 0.05) is 5.56 Å². The van der Waals surface area contributed by atoms with Gasteiger partial charge in [-0.25, -0.2) is 9.49 Å². The molecule has 1 aromatic heterocycles. The Morgan fingerprint density at radius 1 is 1.07 bits per heavy atom. The standard InChI is InChI=1S/C18H17FN4O3S/c1-24-14-8-12(9-15(25-2)16(14)26-3)17-21-22-18(27)23(17)20-10-11-4-6-13(19)7-5-11/h4-10H,1-3H3,(H,22,27)/b20-10+. The fourth-order valence-electron chi connectivity index (χ4n) is 2.47. The number of halogens is 1. The molecule has 2 aromatic carbocycles. The van der Waals surface area contributed by atoms with Gasteiger partial charge in [0.2, 0.25) is 10.5 Å². The molecule has 0 amide bonds. The first-order valence-corrected chi connectivity index (χ1v) is 8.26. The van der Waals surface area contributed by atoms with Crippen molar-refractivity contribution in [1.29, 1.82) is 0 Å². The van der Waals surface area contributed by atoms with Crippen LogP contribution in [0.15, 0.2) is 41.5 Å². The van der Waals surface area contributed by atoms with Crippen LogP contribution in [0.1, 0.15) is 5.56 Å². The highest BCUT2D eigenvalue weighted by Gasteiger charge is 2.17.